The lowest BCUT2D eigenvalue weighted by Crippen LogP contribution is -2.31. The van der Waals surface area contributed by atoms with Crippen LogP contribution in [0.5, 0.6) is 0 Å². The number of aliphatic imine (C=N–C) groups is 1. The van der Waals surface area contributed by atoms with Gasteiger partial charge < -0.3 is 9.88 Å². The van der Waals surface area contributed by atoms with Gasteiger partial charge in [-0.1, -0.05) is 170 Å². The van der Waals surface area contributed by atoms with Crippen LogP contribution in [0, 0.1) is 0 Å². The van der Waals surface area contributed by atoms with Crippen LogP contribution in [0.25, 0.3) is 66.2 Å². The van der Waals surface area contributed by atoms with Crippen LogP contribution in [0.15, 0.2) is 205 Å². The fourth-order valence-corrected chi connectivity index (χ4v) is 7.98. The predicted molar refractivity (Wildman–Crippen MR) is 222 cm³/mol. The number of hydrogen-bond donors (Lipinski definition) is 1. The molecule has 250 valence electrons. The van der Waals surface area contributed by atoms with Crippen molar-refractivity contribution in [1.82, 2.24) is 9.88 Å². The Morgan fingerprint density at radius 1 is 0.415 bits per heavy atom. The minimum Gasteiger partial charge on any atom is -0.359 e. The second kappa shape index (κ2) is 13.0. The monoisotopic (exact) mass is 677 g/mol. The fraction of sp³-hybridized carbons (Fsp3) is 0.0200. The largest absolute Gasteiger partial charge is 0.359 e. The smallest absolute Gasteiger partial charge is 0.134 e. The first-order valence-electron chi connectivity index (χ1n) is 18.2. The summed E-state index contributed by atoms with van der Waals surface area (Å²) in [5.74, 6) is 0.867. The molecule has 10 rings (SSSR count). The molecule has 3 heteroatoms. The molecule has 1 aliphatic heterocycles. The molecular formula is C50H35N3. The highest BCUT2D eigenvalue weighted by atomic mass is 15.0. The van der Waals surface area contributed by atoms with Crippen molar-refractivity contribution < 1.29 is 0 Å². The van der Waals surface area contributed by atoms with E-state index in [0.29, 0.717) is 0 Å². The van der Waals surface area contributed by atoms with Crippen LogP contribution in [0.4, 0.5) is 0 Å². The SMILES string of the molecule is C1=C(c2ccc(-c3cccc4c3c3ccccc3n4-c3ccccc3)c3ccccc23)N=C(c2ccccc2)NC1c1ccc(-c2ccccc2)cc1. The number of para-hydroxylation sites is 2. The summed E-state index contributed by atoms with van der Waals surface area (Å²) < 4.78 is 2.39. The molecule has 1 N–H and O–H groups in total. The van der Waals surface area contributed by atoms with E-state index in [1.54, 1.807) is 0 Å². The van der Waals surface area contributed by atoms with Crippen LogP contribution < -0.4 is 5.32 Å². The van der Waals surface area contributed by atoms with Crippen molar-refractivity contribution in [2.24, 2.45) is 4.99 Å². The van der Waals surface area contributed by atoms with Gasteiger partial charge in [-0.3, -0.25) is 0 Å². The van der Waals surface area contributed by atoms with Gasteiger partial charge in [0, 0.05) is 27.6 Å². The maximum absolute atomic E-state index is 5.31. The molecule has 0 bridgehead atoms. The summed E-state index contributed by atoms with van der Waals surface area (Å²) in [6.07, 6.45) is 2.28. The molecule has 0 spiro atoms. The zero-order chi connectivity index (χ0) is 35.1. The highest BCUT2D eigenvalue weighted by Gasteiger charge is 2.23. The summed E-state index contributed by atoms with van der Waals surface area (Å²) in [5.41, 5.74) is 12.7. The van der Waals surface area contributed by atoms with Crippen molar-refractivity contribution in [2.75, 3.05) is 0 Å². The molecular weight excluding hydrogens is 643 g/mol. The van der Waals surface area contributed by atoms with Crippen LogP contribution in [0.2, 0.25) is 0 Å². The molecule has 1 atom stereocenters. The van der Waals surface area contributed by atoms with Gasteiger partial charge in [-0.2, -0.15) is 0 Å². The van der Waals surface area contributed by atoms with Crippen molar-refractivity contribution in [1.29, 1.82) is 0 Å². The first-order chi connectivity index (χ1) is 26.3. The third-order valence-corrected chi connectivity index (χ3v) is 10.5. The van der Waals surface area contributed by atoms with Gasteiger partial charge in [0.1, 0.15) is 5.84 Å². The van der Waals surface area contributed by atoms with Crippen molar-refractivity contribution in [2.45, 2.75) is 6.04 Å². The number of aromatic nitrogens is 1. The molecule has 53 heavy (non-hydrogen) atoms. The highest BCUT2D eigenvalue weighted by Crippen LogP contribution is 2.42. The van der Waals surface area contributed by atoms with Gasteiger partial charge >= 0.3 is 0 Å². The Bertz CT molecular complexity index is 2830. The molecule has 0 radical (unpaired) electrons. The average Bonchev–Trinajstić information content (AvgIpc) is 3.59. The second-order valence-electron chi connectivity index (χ2n) is 13.6. The molecule has 8 aromatic carbocycles. The molecule has 1 aliphatic rings. The summed E-state index contributed by atoms with van der Waals surface area (Å²) in [7, 11) is 0. The third-order valence-electron chi connectivity index (χ3n) is 10.5. The topological polar surface area (TPSA) is 29.3 Å². The Morgan fingerprint density at radius 2 is 0.981 bits per heavy atom. The predicted octanol–water partition coefficient (Wildman–Crippen LogP) is 12.4. The minimum absolute atomic E-state index is 0.0566. The normalized spacial score (nSPS) is 14.2. The van der Waals surface area contributed by atoms with E-state index < -0.39 is 0 Å². The molecule has 9 aromatic rings. The van der Waals surface area contributed by atoms with E-state index in [4.69, 9.17) is 4.99 Å². The Balaban J connectivity index is 1.13. The van der Waals surface area contributed by atoms with E-state index in [-0.39, 0.29) is 6.04 Å². The molecule has 0 amide bonds. The first-order valence-corrected chi connectivity index (χ1v) is 18.2. The maximum Gasteiger partial charge on any atom is 0.134 e. The molecule has 0 fully saturated rings. The number of rotatable bonds is 6. The summed E-state index contributed by atoms with van der Waals surface area (Å²) >= 11 is 0. The van der Waals surface area contributed by atoms with Crippen molar-refractivity contribution in [3.05, 3.63) is 217 Å². The van der Waals surface area contributed by atoms with E-state index in [0.717, 1.165) is 28.3 Å². The zero-order valence-corrected chi connectivity index (χ0v) is 29.0. The Morgan fingerprint density at radius 3 is 1.72 bits per heavy atom. The highest BCUT2D eigenvalue weighted by molar-refractivity contribution is 6.18. The minimum atomic E-state index is -0.0566. The molecule has 0 saturated carbocycles. The first kappa shape index (κ1) is 30.8. The van der Waals surface area contributed by atoms with Crippen LogP contribution >= 0.6 is 0 Å². The maximum atomic E-state index is 5.31. The molecule has 1 unspecified atom stereocenters. The van der Waals surface area contributed by atoms with Gasteiger partial charge in [0.2, 0.25) is 0 Å². The molecule has 1 aromatic heterocycles. The summed E-state index contributed by atoms with van der Waals surface area (Å²) in [4.78, 5) is 5.31. The lowest BCUT2D eigenvalue weighted by molar-refractivity contribution is 0.781. The lowest BCUT2D eigenvalue weighted by atomic mass is 9.90. The Kier molecular flexibility index (Phi) is 7.54. The number of fused-ring (bicyclic) bond motifs is 4. The van der Waals surface area contributed by atoms with E-state index in [1.807, 2.05) is 6.07 Å². The number of benzene rings is 8. The number of amidine groups is 1. The van der Waals surface area contributed by atoms with Crippen molar-refractivity contribution in [3.63, 3.8) is 0 Å². The summed E-state index contributed by atoms with van der Waals surface area (Å²) in [6, 6.07) is 69.3. The van der Waals surface area contributed by atoms with E-state index >= 15 is 0 Å². The zero-order valence-electron chi connectivity index (χ0n) is 29.0. The number of nitrogens with zero attached hydrogens (tertiary/aromatic N) is 2. The van der Waals surface area contributed by atoms with Crippen LogP contribution in [0.1, 0.15) is 22.7 Å². The quantitative estimate of drug-likeness (QED) is 0.186. The Labute approximate surface area is 308 Å². The molecule has 2 heterocycles. The van der Waals surface area contributed by atoms with Crippen LogP contribution in [-0.2, 0) is 0 Å². The van der Waals surface area contributed by atoms with Crippen molar-refractivity contribution >= 4 is 44.1 Å². The van der Waals surface area contributed by atoms with Crippen LogP contribution in [0.3, 0.4) is 0 Å². The lowest BCUT2D eigenvalue weighted by Gasteiger charge is -2.25. The Hall–Kier alpha value is -6.97. The van der Waals surface area contributed by atoms with Gasteiger partial charge in [-0.25, -0.2) is 4.99 Å². The third kappa shape index (κ3) is 5.42. The standard InChI is InChI=1S/C50H35N3/c1-4-15-34(16-5-1)35-27-29-36(30-28-35)45-33-46(52-50(51-45)37-17-6-2-7-18-37)42-32-31-41(39-21-10-11-22-40(39)42)43-24-14-26-48-49(43)44-23-12-13-25-47(44)53(48)38-19-8-3-9-20-38/h1-33,45H,(H,51,52). The van der Waals surface area contributed by atoms with Gasteiger partial charge in [0.15, 0.2) is 0 Å². The fourth-order valence-electron chi connectivity index (χ4n) is 7.98. The number of hydrogen-bond acceptors (Lipinski definition) is 2. The van der Waals surface area contributed by atoms with Gasteiger partial charge in [-0.15, -0.1) is 0 Å². The van der Waals surface area contributed by atoms with Crippen LogP contribution in [-0.4, -0.2) is 10.4 Å². The van der Waals surface area contributed by atoms with E-state index in [1.165, 1.54) is 60.4 Å². The molecule has 0 saturated heterocycles. The summed E-state index contributed by atoms with van der Waals surface area (Å²) in [5, 5.41) is 8.64. The van der Waals surface area contributed by atoms with E-state index in [9.17, 15) is 0 Å². The van der Waals surface area contributed by atoms with E-state index in [2.05, 4.69) is 204 Å². The van der Waals surface area contributed by atoms with Gasteiger partial charge in [0.25, 0.3) is 0 Å². The molecule has 3 nitrogen and oxygen atoms in total. The average molecular weight is 678 g/mol. The summed E-state index contributed by atoms with van der Waals surface area (Å²) in [6.45, 7) is 0. The van der Waals surface area contributed by atoms with Crippen molar-refractivity contribution in [3.8, 4) is 27.9 Å². The van der Waals surface area contributed by atoms with Gasteiger partial charge in [0.05, 0.1) is 22.8 Å². The number of nitrogens with one attached hydrogen (secondary N) is 1. The second-order valence-corrected chi connectivity index (χ2v) is 13.6. The molecule has 0 aliphatic carbocycles. The van der Waals surface area contributed by atoms with Gasteiger partial charge in [-0.05, 0) is 68.9 Å².